The Morgan fingerprint density at radius 1 is 1.12 bits per heavy atom. The normalized spacial score (nSPS) is 22.7. The highest BCUT2D eigenvalue weighted by molar-refractivity contribution is 7.89. The number of benzene rings is 1. The van der Waals surface area contributed by atoms with Crippen molar-refractivity contribution in [3.8, 4) is 12.3 Å². The maximum atomic E-state index is 12.9. The van der Waals surface area contributed by atoms with Gasteiger partial charge in [0.1, 0.15) is 0 Å². The van der Waals surface area contributed by atoms with Crippen molar-refractivity contribution in [2.45, 2.75) is 17.7 Å². The van der Waals surface area contributed by atoms with Gasteiger partial charge >= 0.3 is 0 Å². The van der Waals surface area contributed by atoms with Gasteiger partial charge in [-0.05, 0) is 25.0 Å². The van der Waals surface area contributed by atoms with Crippen molar-refractivity contribution in [2.75, 3.05) is 45.8 Å². The Hall–Kier alpha value is -1.88. The second-order valence-corrected chi connectivity index (χ2v) is 8.76. The Morgan fingerprint density at radius 2 is 1.81 bits per heavy atom. The number of piperazine rings is 1. The third kappa shape index (κ3) is 4.09. The van der Waals surface area contributed by atoms with Gasteiger partial charge in [-0.3, -0.25) is 9.69 Å². The lowest BCUT2D eigenvalue weighted by atomic mass is 9.98. The van der Waals surface area contributed by atoms with Gasteiger partial charge < -0.3 is 4.90 Å². The minimum Gasteiger partial charge on any atom is -0.340 e. The molecule has 1 aromatic rings. The molecule has 0 aliphatic carbocycles. The Labute approximate surface area is 155 Å². The number of piperidine rings is 1. The molecule has 0 spiro atoms. The van der Waals surface area contributed by atoms with E-state index in [0.29, 0.717) is 32.6 Å². The molecule has 6 nitrogen and oxygen atoms in total. The number of carbonyl (C=O) groups is 1. The highest BCUT2D eigenvalue weighted by Gasteiger charge is 2.35. The summed E-state index contributed by atoms with van der Waals surface area (Å²) in [5, 5.41) is 0. The number of amides is 1. The van der Waals surface area contributed by atoms with Crippen LogP contribution >= 0.6 is 0 Å². The van der Waals surface area contributed by atoms with E-state index in [-0.39, 0.29) is 23.3 Å². The van der Waals surface area contributed by atoms with E-state index in [1.807, 2.05) is 4.90 Å². The highest BCUT2D eigenvalue weighted by atomic mass is 32.2. The maximum Gasteiger partial charge on any atom is 0.243 e. The van der Waals surface area contributed by atoms with Crippen LogP contribution in [0.2, 0.25) is 0 Å². The van der Waals surface area contributed by atoms with Crippen molar-refractivity contribution < 1.29 is 13.2 Å². The van der Waals surface area contributed by atoms with Crippen LogP contribution in [-0.2, 0) is 14.8 Å². The average molecular weight is 375 g/mol. The second kappa shape index (κ2) is 8.21. The summed E-state index contributed by atoms with van der Waals surface area (Å²) >= 11 is 0. The summed E-state index contributed by atoms with van der Waals surface area (Å²) in [5.41, 5.74) is 0. The first-order valence-corrected chi connectivity index (χ1v) is 10.5. The summed E-state index contributed by atoms with van der Waals surface area (Å²) < 4.78 is 27.1. The van der Waals surface area contributed by atoms with E-state index in [4.69, 9.17) is 6.42 Å². The Morgan fingerprint density at radius 3 is 2.46 bits per heavy atom. The van der Waals surface area contributed by atoms with Crippen molar-refractivity contribution in [3.05, 3.63) is 30.3 Å². The largest absolute Gasteiger partial charge is 0.340 e. The number of terminal acetylenes is 1. The molecule has 0 bridgehead atoms. The van der Waals surface area contributed by atoms with Crippen LogP contribution in [-0.4, -0.2) is 74.2 Å². The van der Waals surface area contributed by atoms with E-state index in [0.717, 1.165) is 19.5 Å². The third-order valence-corrected chi connectivity index (χ3v) is 6.99. The van der Waals surface area contributed by atoms with Crippen LogP contribution in [0.1, 0.15) is 12.8 Å². The lowest BCUT2D eigenvalue weighted by Crippen LogP contribution is -2.53. The van der Waals surface area contributed by atoms with Crippen LogP contribution < -0.4 is 0 Å². The van der Waals surface area contributed by atoms with E-state index in [9.17, 15) is 13.2 Å². The van der Waals surface area contributed by atoms with Gasteiger partial charge in [0.2, 0.25) is 15.9 Å². The first-order valence-electron chi connectivity index (χ1n) is 9.02. The summed E-state index contributed by atoms with van der Waals surface area (Å²) in [7, 11) is -3.54. The van der Waals surface area contributed by atoms with Gasteiger partial charge in [-0.1, -0.05) is 24.1 Å². The SMILES string of the molecule is C#CCN1CCN(C(=O)[C@@H]2CCCN(S(=O)(=O)c3ccccc3)C2)CC1. The van der Waals surface area contributed by atoms with Gasteiger partial charge in [0.05, 0.1) is 17.4 Å². The maximum absolute atomic E-state index is 12.9. The van der Waals surface area contributed by atoms with Crippen LogP contribution in [0.4, 0.5) is 0 Å². The number of hydrogen-bond acceptors (Lipinski definition) is 4. The molecule has 1 atom stereocenters. The molecule has 0 aromatic heterocycles. The summed E-state index contributed by atoms with van der Waals surface area (Å²) in [6.45, 7) is 4.19. The van der Waals surface area contributed by atoms with Gasteiger partial charge in [-0.15, -0.1) is 6.42 Å². The molecule has 2 fully saturated rings. The van der Waals surface area contributed by atoms with Gasteiger partial charge in [-0.2, -0.15) is 4.31 Å². The molecular formula is C19H25N3O3S. The summed E-state index contributed by atoms with van der Waals surface area (Å²) in [4.78, 5) is 17.2. The minimum atomic E-state index is -3.54. The zero-order valence-electron chi connectivity index (χ0n) is 14.9. The molecule has 2 aliphatic rings. The Balaban J connectivity index is 1.64. The van der Waals surface area contributed by atoms with E-state index in [2.05, 4.69) is 10.8 Å². The molecule has 1 amide bonds. The van der Waals surface area contributed by atoms with Crippen LogP contribution in [0, 0.1) is 18.3 Å². The minimum absolute atomic E-state index is 0.0679. The first kappa shape index (κ1) is 18.9. The molecule has 0 N–H and O–H groups in total. The van der Waals surface area contributed by atoms with E-state index < -0.39 is 10.0 Å². The third-order valence-electron chi connectivity index (χ3n) is 5.11. The Bertz CT molecular complexity index is 765. The molecule has 0 saturated carbocycles. The first-order chi connectivity index (χ1) is 12.5. The molecule has 3 rings (SSSR count). The number of sulfonamides is 1. The highest BCUT2D eigenvalue weighted by Crippen LogP contribution is 2.25. The van der Waals surface area contributed by atoms with E-state index in [1.54, 1.807) is 30.3 Å². The molecule has 1 aromatic carbocycles. The molecule has 0 unspecified atom stereocenters. The van der Waals surface area contributed by atoms with Crippen LogP contribution in [0.15, 0.2) is 35.2 Å². The molecular weight excluding hydrogens is 350 g/mol. The monoisotopic (exact) mass is 375 g/mol. The molecule has 0 radical (unpaired) electrons. The van der Waals surface area contributed by atoms with E-state index in [1.165, 1.54) is 4.31 Å². The fourth-order valence-corrected chi connectivity index (χ4v) is 5.16. The molecule has 7 heteroatoms. The van der Waals surface area contributed by atoms with Gasteiger partial charge in [-0.25, -0.2) is 8.42 Å². The van der Waals surface area contributed by atoms with Crippen molar-refractivity contribution >= 4 is 15.9 Å². The smallest absolute Gasteiger partial charge is 0.243 e. The van der Waals surface area contributed by atoms with Gasteiger partial charge in [0.25, 0.3) is 0 Å². The number of carbonyl (C=O) groups excluding carboxylic acids is 1. The number of hydrogen-bond donors (Lipinski definition) is 0. The molecule has 2 heterocycles. The topological polar surface area (TPSA) is 60.9 Å². The van der Waals surface area contributed by atoms with E-state index >= 15 is 0 Å². The lowest BCUT2D eigenvalue weighted by Gasteiger charge is -2.38. The predicted octanol–water partition coefficient (Wildman–Crippen LogP) is 0.865. The summed E-state index contributed by atoms with van der Waals surface area (Å²) in [6, 6.07) is 8.43. The standard InChI is InChI=1S/C19H25N3O3S/c1-2-10-20-12-14-21(15-13-20)19(23)17-7-6-11-22(16-17)26(24,25)18-8-4-3-5-9-18/h1,3-5,8-9,17H,6-7,10-16H2/t17-/m1/s1. The van der Waals surface area contributed by atoms with Crippen LogP contribution in [0.3, 0.4) is 0 Å². The quantitative estimate of drug-likeness (QED) is 0.733. The Kier molecular flexibility index (Phi) is 5.97. The molecule has 2 aliphatic heterocycles. The summed E-state index contributed by atoms with van der Waals surface area (Å²) in [5.74, 6) is 2.44. The molecule has 26 heavy (non-hydrogen) atoms. The van der Waals surface area contributed by atoms with Crippen LogP contribution in [0.25, 0.3) is 0 Å². The fraction of sp³-hybridized carbons (Fsp3) is 0.526. The van der Waals surface area contributed by atoms with Crippen molar-refractivity contribution in [2.24, 2.45) is 5.92 Å². The lowest BCUT2D eigenvalue weighted by molar-refractivity contribution is -0.138. The number of nitrogens with zero attached hydrogens (tertiary/aromatic N) is 3. The van der Waals surface area contributed by atoms with Crippen LogP contribution in [0.5, 0.6) is 0 Å². The van der Waals surface area contributed by atoms with Gasteiger partial charge in [0.15, 0.2) is 0 Å². The average Bonchev–Trinajstić information content (AvgIpc) is 2.69. The zero-order valence-corrected chi connectivity index (χ0v) is 15.7. The summed E-state index contributed by atoms with van der Waals surface area (Å²) in [6.07, 6.45) is 6.79. The zero-order chi connectivity index (χ0) is 18.6. The fourth-order valence-electron chi connectivity index (χ4n) is 3.62. The predicted molar refractivity (Wildman–Crippen MR) is 99.8 cm³/mol. The van der Waals surface area contributed by atoms with Crippen molar-refractivity contribution in [3.63, 3.8) is 0 Å². The van der Waals surface area contributed by atoms with Crippen molar-refractivity contribution in [1.82, 2.24) is 14.1 Å². The van der Waals surface area contributed by atoms with Gasteiger partial charge in [0, 0.05) is 39.3 Å². The molecule has 140 valence electrons. The van der Waals surface area contributed by atoms with Crippen molar-refractivity contribution in [1.29, 1.82) is 0 Å². The number of rotatable bonds is 4. The molecule has 2 saturated heterocycles. The second-order valence-electron chi connectivity index (χ2n) is 6.82.